The van der Waals surface area contributed by atoms with E-state index in [0.29, 0.717) is 12.5 Å². The molecule has 0 atom stereocenters. The molecule has 5 heteroatoms. The molecule has 0 aromatic carbocycles. The van der Waals surface area contributed by atoms with E-state index in [4.69, 9.17) is 9.84 Å². The Morgan fingerprint density at radius 2 is 2.11 bits per heavy atom. The summed E-state index contributed by atoms with van der Waals surface area (Å²) in [5.41, 5.74) is -1.72. The highest BCUT2D eigenvalue weighted by Gasteiger charge is 2.30. The standard InChI is InChI=1S/C13H19NO4/c1-9(2)8-18-10-6-5-7-14(11(10)15)13(3,4)12(16)17/h5-7,9H,8H2,1-4H3,(H,16,17). The third-order valence-electron chi connectivity index (χ3n) is 2.61. The van der Waals surface area contributed by atoms with Crippen LogP contribution in [-0.4, -0.2) is 22.2 Å². The van der Waals surface area contributed by atoms with E-state index < -0.39 is 17.1 Å². The molecule has 1 aromatic rings. The Labute approximate surface area is 106 Å². The zero-order valence-electron chi connectivity index (χ0n) is 11.1. The van der Waals surface area contributed by atoms with E-state index in [-0.39, 0.29) is 5.75 Å². The van der Waals surface area contributed by atoms with Gasteiger partial charge in [-0.1, -0.05) is 13.8 Å². The second-order valence-electron chi connectivity index (χ2n) is 5.12. The Hall–Kier alpha value is -1.78. The van der Waals surface area contributed by atoms with Crippen LogP contribution in [0.5, 0.6) is 5.75 Å². The van der Waals surface area contributed by atoms with Gasteiger partial charge < -0.3 is 9.84 Å². The molecule has 0 aliphatic rings. The van der Waals surface area contributed by atoms with E-state index in [1.807, 2.05) is 13.8 Å². The Kier molecular flexibility index (Phi) is 4.16. The van der Waals surface area contributed by atoms with Crippen molar-refractivity contribution >= 4 is 5.97 Å². The number of ether oxygens (including phenoxy) is 1. The fourth-order valence-electron chi connectivity index (χ4n) is 1.38. The maximum Gasteiger partial charge on any atom is 0.329 e. The van der Waals surface area contributed by atoms with Crippen LogP contribution in [0.2, 0.25) is 0 Å². The summed E-state index contributed by atoms with van der Waals surface area (Å²) in [7, 11) is 0. The number of rotatable bonds is 5. The highest BCUT2D eigenvalue weighted by Crippen LogP contribution is 2.15. The van der Waals surface area contributed by atoms with Crippen LogP contribution in [0.15, 0.2) is 23.1 Å². The van der Waals surface area contributed by atoms with Gasteiger partial charge >= 0.3 is 5.97 Å². The second-order valence-corrected chi connectivity index (χ2v) is 5.12. The van der Waals surface area contributed by atoms with Gasteiger partial charge in [0.25, 0.3) is 5.56 Å². The third kappa shape index (κ3) is 2.91. The van der Waals surface area contributed by atoms with Gasteiger partial charge in [-0.25, -0.2) is 4.79 Å². The molecule has 1 heterocycles. The molecule has 0 aliphatic heterocycles. The largest absolute Gasteiger partial charge is 0.488 e. The minimum Gasteiger partial charge on any atom is -0.488 e. The molecule has 100 valence electrons. The van der Waals surface area contributed by atoms with Crippen molar-refractivity contribution in [3.63, 3.8) is 0 Å². The van der Waals surface area contributed by atoms with Gasteiger partial charge in [0.15, 0.2) is 5.75 Å². The van der Waals surface area contributed by atoms with Crippen LogP contribution in [0.3, 0.4) is 0 Å². The van der Waals surface area contributed by atoms with E-state index in [1.165, 1.54) is 24.6 Å². The topological polar surface area (TPSA) is 68.5 Å². The van der Waals surface area contributed by atoms with E-state index in [2.05, 4.69) is 0 Å². The normalized spacial score (nSPS) is 11.6. The summed E-state index contributed by atoms with van der Waals surface area (Å²) >= 11 is 0. The fraction of sp³-hybridized carbons (Fsp3) is 0.538. The lowest BCUT2D eigenvalue weighted by molar-refractivity contribution is -0.145. The molecule has 5 nitrogen and oxygen atoms in total. The zero-order valence-corrected chi connectivity index (χ0v) is 11.1. The minimum absolute atomic E-state index is 0.181. The molecule has 1 aromatic heterocycles. The third-order valence-corrected chi connectivity index (χ3v) is 2.61. The summed E-state index contributed by atoms with van der Waals surface area (Å²) in [5.74, 6) is -0.586. The van der Waals surface area contributed by atoms with Crippen LogP contribution in [0.4, 0.5) is 0 Å². The number of carboxylic acid groups (broad SMARTS) is 1. The lowest BCUT2D eigenvalue weighted by Gasteiger charge is -2.23. The lowest BCUT2D eigenvalue weighted by atomic mass is 10.1. The number of aliphatic carboxylic acids is 1. The molecule has 0 amide bonds. The zero-order chi connectivity index (χ0) is 13.9. The SMILES string of the molecule is CC(C)COc1cccn(C(C)(C)C(=O)O)c1=O. The van der Waals surface area contributed by atoms with E-state index in [0.717, 1.165) is 0 Å². The molecule has 0 spiro atoms. The van der Waals surface area contributed by atoms with Crippen LogP contribution < -0.4 is 10.3 Å². The first-order valence-electron chi connectivity index (χ1n) is 5.85. The van der Waals surface area contributed by atoms with Gasteiger partial charge in [0.1, 0.15) is 5.54 Å². The first-order valence-corrected chi connectivity index (χ1v) is 5.85. The van der Waals surface area contributed by atoms with Crippen LogP contribution in [0, 0.1) is 5.92 Å². The van der Waals surface area contributed by atoms with Crippen LogP contribution in [-0.2, 0) is 10.3 Å². The van der Waals surface area contributed by atoms with Gasteiger partial charge in [-0.2, -0.15) is 0 Å². The molecular formula is C13H19NO4. The molecular weight excluding hydrogens is 234 g/mol. The Morgan fingerprint density at radius 3 is 2.61 bits per heavy atom. The number of hydrogen-bond acceptors (Lipinski definition) is 3. The monoisotopic (exact) mass is 253 g/mol. The van der Waals surface area contributed by atoms with Gasteiger partial charge in [-0.05, 0) is 31.9 Å². The van der Waals surface area contributed by atoms with Crippen molar-refractivity contribution in [2.75, 3.05) is 6.61 Å². The smallest absolute Gasteiger partial charge is 0.329 e. The number of carboxylic acids is 1. The maximum absolute atomic E-state index is 12.1. The summed E-state index contributed by atoms with van der Waals surface area (Å²) in [4.78, 5) is 23.3. The Morgan fingerprint density at radius 1 is 1.50 bits per heavy atom. The first-order chi connectivity index (χ1) is 8.26. The van der Waals surface area contributed by atoms with Crippen molar-refractivity contribution in [3.05, 3.63) is 28.7 Å². The lowest BCUT2D eigenvalue weighted by Crippen LogP contribution is -2.42. The molecule has 1 rings (SSSR count). The van der Waals surface area contributed by atoms with Crippen LogP contribution in [0.25, 0.3) is 0 Å². The highest BCUT2D eigenvalue weighted by atomic mass is 16.5. The van der Waals surface area contributed by atoms with Gasteiger partial charge in [0, 0.05) is 6.20 Å². The van der Waals surface area contributed by atoms with Crippen molar-refractivity contribution in [1.29, 1.82) is 0 Å². The number of hydrogen-bond donors (Lipinski definition) is 1. The van der Waals surface area contributed by atoms with Crippen LogP contribution in [0.1, 0.15) is 27.7 Å². The minimum atomic E-state index is -1.30. The summed E-state index contributed by atoms with van der Waals surface area (Å²) in [6, 6.07) is 3.17. The van der Waals surface area contributed by atoms with E-state index in [9.17, 15) is 9.59 Å². The summed E-state index contributed by atoms with van der Waals surface area (Å²) < 4.78 is 6.56. The van der Waals surface area contributed by atoms with Crippen LogP contribution >= 0.6 is 0 Å². The molecule has 0 saturated carbocycles. The van der Waals surface area contributed by atoms with Crippen molar-refractivity contribution in [1.82, 2.24) is 4.57 Å². The van der Waals surface area contributed by atoms with Gasteiger partial charge in [-0.3, -0.25) is 9.36 Å². The van der Waals surface area contributed by atoms with E-state index >= 15 is 0 Å². The molecule has 1 N–H and O–H groups in total. The fourth-order valence-corrected chi connectivity index (χ4v) is 1.38. The van der Waals surface area contributed by atoms with Crippen molar-refractivity contribution in [2.24, 2.45) is 5.92 Å². The number of aromatic nitrogens is 1. The highest BCUT2D eigenvalue weighted by molar-refractivity contribution is 5.75. The number of pyridine rings is 1. The predicted octanol–water partition coefficient (Wildman–Crippen LogP) is 1.70. The number of carbonyl (C=O) groups is 1. The Balaban J connectivity index is 3.14. The average molecular weight is 253 g/mol. The molecule has 0 bridgehead atoms. The molecule has 0 aliphatic carbocycles. The molecule has 0 unspecified atom stereocenters. The summed E-state index contributed by atoms with van der Waals surface area (Å²) in [6.45, 7) is 7.32. The second kappa shape index (κ2) is 5.25. The first kappa shape index (κ1) is 14.3. The summed E-state index contributed by atoms with van der Waals surface area (Å²) in [6.07, 6.45) is 1.46. The quantitative estimate of drug-likeness (QED) is 0.867. The summed E-state index contributed by atoms with van der Waals surface area (Å²) in [5, 5.41) is 9.13. The predicted molar refractivity (Wildman–Crippen MR) is 68.0 cm³/mol. The van der Waals surface area contributed by atoms with Crippen molar-refractivity contribution < 1.29 is 14.6 Å². The molecule has 0 radical (unpaired) electrons. The average Bonchev–Trinajstić information content (AvgIpc) is 2.27. The van der Waals surface area contributed by atoms with Crippen molar-refractivity contribution in [2.45, 2.75) is 33.2 Å². The van der Waals surface area contributed by atoms with Crippen molar-refractivity contribution in [3.8, 4) is 5.75 Å². The molecule has 0 saturated heterocycles. The Bertz CT molecular complexity index is 488. The van der Waals surface area contributed by atoms with Gasteiger partial charge in [0.05, 0.1) is 6.61 Å². The molecule has 18 heavy (non-hydrogen) atoms. The van der Waals surface area contributed by atoms with Gasteiger partial charge in [0.2, 0.25) is 0 Å². The number of nitrogens with zero attached hydrogens (tertiary/aromatic N) is 1. The van der Waals surface area contributed by atoms with Gasteiger partial charge in [-0.15, -0.1) is 0 Å². The van der Waals surface area contributed by atoms with E-state index in [1.54, 1.807) is 12.1 Å². The maximum atomic E-state index is 12.1. The molecule has 0 fully saturated rings.